The van der Waals surface area contributed by atoms with Gasteiger partial charge >= 0.3 is 12.4 Å². The lowest BCUT2D eigenvalue weighted by Crippen LogP contribution is -2.49. The van der Waals surface area contributed by atoms with Gasteiger partial charge in [-0.1, -0.05) is 0 Å². The molecule has 0 bridgehead atoms. The second kappa shape index (κ2) is 10.4. The highest BCUT2D eigenvalue weighted by atomic mass is 19.4. The largest absolute Gasteiger partial charge is 0.423 e. The number of alkyl halides is 6. The van der Waals surface area contributed by atoms with Crippen molar-refractivity contribution in [2.24, 2.45) is 0 Å². The molecule has 3 aromatic heterocycles. The van der Waals surface area contributed by atoms with Crippen molar-refractivity contribution in [3.8, 4) is 0 Å². The van der Waals surface area contributed by atoms with Crippen LogP contribution in [0, 0.1) is 0 Å². The summed E-state index contributed by atoms with van der Waals surface area (Å²) in [7, 11) is 0. The van der Waals surface area contributed by atoms with E-state index in [0.717, 1.165) is 18.6 Å². The molecule has 210 valence electrons. The van der Waals surface area contributed by atoms with E-state index in [0.29, 0.717) is 24.7 Å². The molecular weight excluding hydrogens is 540 g/mol. The maximum atomic E-state index is 13.6. The highest BCUT2D eigenvalue weighted by molar-refractivity contribution is 5.53. The van der Waals surface area contributed by atoms with Gasteiger partial charge in [-0.3, -0.25) is 4.79 Å². The van der Waals surface area contributed by atoms with Crippen molar-refractivity contribution in [3.63, 3.8) is 0 Å². The molecule has 1 fully saturated rings. The molecule has 1 N–H and O–H groups in total. The van der Waals surface area contributed by atoms with Gasteiger partial charge in [0.2, 0.25) is 5.95 Å². The second-order valence-electron chi connectivity index (χ2n) is 8.75. The zero-order valence-corrected chi connectivity index (χ0v) is 20.0. The molecule has 18 heteroatoms. The van der Waals surface area contributed by atoms with Crippen LogP contribution in [0.1, 0.15) is 22.8 Å². The fraction of sp³-hybridized carbons (Fsp3) is 0.524. The van der Waals surface area contributed by atoms with Crippen molar-refractivity contribution in [2.45, 2.75) is 38.1 Å². The van der Waals surface area contributed by atoms with E-state index in [-0.39, 0.29) is 51.2 Å². The number of ether oxygens (including phenoxy) is 2. The van der Waals surface area contributed by atoms with Crippen LogP contribution in [-0.2, 0) is 41.5 Å². The Kier molecular flexibility index (Phi) is 7.15. The third kappa shape index (κ3) is 5.80. The minimum Gasteiger partial charge on any atom is -0.377 e. The van der Waals surface area contributed by atoms with E-state index in [4.69, 9.17) is 9.47 Å². The van der Waals surface area contributed by atoms with Crippen LogP contribution in [0.25, 0.3) is 0 Å². The number of aromatic nitrogens is 7. The topological polar surface area (TPSA) is 127 Å². The van der Waals surface area contributed by atoms with Crippen molar-refractivity contribution in [1.29, 1.82) is 0 Å². The molecular formula is C21H21F6N9O3. The van der Waals surface area contributed by atoms with E-state index in [1.807, 2.05) is 5.10 Å². The van der Waals surface area contributed by atoms with Crippen LogP contribution < -0.4 is 15.4 Å². The van der Waals surface area contributed by atoms with E-state index in [9.17, 15) is 31.1 Å². The smallest absolute Gasteiger partial charge is 0.377 e. The summed E-state index contributed by atoms with van der Waals surface area (Å²) in [6.45, 7) is 1.21. The van der Waals surface area contributed by atoms with E-state index in [1.165, 1.54) is 4.90 Å². The lowest BCUT2D eigenvalue weighted by molar-refractivity contribution is -0.139. The predicted molar refractivity (Wildman–Crippen MR) is 120 cm³/mol. The number of morpholine rings is 1. The number of fused-ring (bicyclic) bond motifs is 1. The molecule has 12 nitrogen and oxygen atoms in total. The zero-order valence-electron chi connectivity index (χ0n) is 20.0. The Morgan fingerprint density at radius 2 is 1.82 bits per heavy atom. The van der Waals surface area contributed by atoms with Gasteiger partial charge in [-0.2, -0.15) is 36.5 Å². The van der Waals surface area contributed by atoms with Crippen LogP contribution in [0.3, 0.4) is 0 Å². The van der Waals surface area contributed by atoms with Gasteiger partial charge in [0.05, 0.1) is 56.4 Å². The minimum atomic E-state index is -4.88. The molecule has 0 aromatic carbocycles. The van der Waals surface area contributed by atoms with Crippen molar-refractivity contribution in [3.05, 3.63) is 51.7 Å². The van der Waals surface area contributed by atoms with Crippen LogP contribution in [0.5, 0.6) is 0 Å². The van der Waals surface area contributed by atoms with E-state index in [2.05, 4.69) is 25.1 Å². The van der Waals surface area contributed by atoms with E-state index in [1.54, 1.807) is 9.58 Å². The lowest BCUT2D eigenvalue weighted by Gasteiger charge is -2.37. The summed E-state index contributed by atoms with van der Waals surface area (Å²) in [5.74, 6) is 0.965. The van der Waals surface area contributed by atoms with Crippen molar-refractivity contribution >= 4 is 11.6 Å². The Bertz CT molecular complexity index is 1360. The first-order valence-corrected chi connectivity index (χ1v) is 11.6. The summed E-state index contributed by atoms with van der Waals surface area (Å²) in [6.07, 6.45) is -7.02. The first-order valence-electron chi connectivity index (χ1n) is 11.6. The highest BCUT2D eigenvalue weighted by Gasteiger charge is 2.40. The molecule has 0 aliphatic carbocycles. The van der Waals surface area contributed by atoms with Crippen LogP contribution in [0.2, 0.25) is 0 Å². The second-order valence-corrected chi connectivity index (χ2v) is 8.75. The molecule has 1 saturated heterocycles. The maximum absolute atomic E-state index is 13.6. The van der Waals surface area contributed by atoms with Crippen LogP contribution in [0.15, 0.2) is 23.4 Å². The molecule has 39 heavy (non-hydrogen) atoms. The number of nitrogens with one attached hydrogen (secondary N) is 1. The van der Waals surface area contributed by atoms with Gasteiger partial charge in [-0.15, -0.1) is 0 Å². The number of nitrogens with zero attached hydrogens (tertiary/aromatic N) is 8. The first kappa shape index (κ1) is 26.8. The van der Waals surface area contributed by atoms with Gasteiger partial charge in [0.25, 0.3) is 5.56 Å². The van der Waals surface area contributed by atoms with E-state index >= 15 is 0 Å². The third-order valence-corrected chi connectivity index (χ3v) is 6.15. The Hall–Kier alpha value is -3.80. The zero-order chi connectivity index (χ0) is 27.8. The van der Waals surface area contributed by atoms with Gasteiger partial charge in [0, 0.05) is 25.5 Å². The molecule has 0 saturated carbocycles. The van der Waals surface area contributed by atoms with Gasteiger partial charge in [-0.05, 0) is 0 Å². The van der Waals surface area contributed by atoms with Gasteiger partial charge in [0.15, 0.2) is 5.82 Å². The first-order chi connectivity index (χ1) is 18.5. The van der Waals surface area contributed by atoms with Gasteiger partial charge < -0.3 is 19.3 Å². The quantitative estimate of drug-likeness (QED) is 0.444. The lowest BCUT2D eigenvalue weighted by atomic mass is 10.1. The molecule has 0 radical (unpaired) electrons. The average Bonchev–Trinajstić information content (AvgIpc) is 3.30. The average molecular weight is 561 g/mol. The molecule has 1 atom stereocenters. The summed E-state index contributed by atoms with van der Waals surface area (Å²) in [5.41, 5.74) is -3.98. The van der Waals surface area contributed by atoms with Gasteiger partial charge in [0.1, 0.15) is 18.0 Å². The normalized spacial score (nSPS) is 18.4. The Morgan fingerprint density at radius 1 is 1.05 bits per heavy atom. The minimum absolute atomic E-state index is 0.0422. The fourth-order valence-corrected chi connectivity index (χ4v) is 4.33. The molecule has 5 heterocycles. The molecule has 3 aromatic rings. The van der Waals surface area contributed by atoms with Crippen molar-refractivity contribution in [2.75, 3.05) is 42.7 Å². The number of hydrogen-bond acceptors (Lipinski definition) is 10. The van der Waals surface area contributed by atoms with Crippen LogP contribution in [0.4, 0.5) is 38.0 Å². The third-order valence-electron chi connectivity index (χ3n) is 6.15. The number of rotatable bonds is 6. The summed E-state index contributed by atoms with van der Waals surface area (Å²) in [5, 5.41) is 9.71. The van der Waals surface area contributed by atoms with Crippen LogP contribution >= 0.6 is 0 Å². The number of anilines is 2. The molecule has 0 amide bonds. The number of halogens is 6. The molecule has 0 spiro atoms. The monoisotopic (exact) mass is 561 g/mol. The highest BCUT2D eigenvalue weighted by Crippen LogP contribution is 2.34. The molecule has 2 aliphatic heterocycles. The summed E-state index contributed by atoms with van der Waals surface area (Å²) >= 11 is 0. The standard InChI is InChI=1S/C21H21F6N9O3/c22-20(23,24)12-5-28-19(29-6-12)34-1-2-36-16(8-34)31-15(33-36)11-39-10-13-9-38-4-3-35(13)14-7-30-32-18(37)17(14)21(25,26)27/h5-7,13H,1-4,8-11H2,(H,32,37). The molecule has 1 unspecified atom stereocenters. The summed E-state index contributed by atoms with van der Waals surface area (Å²) < 4.78 is 91.8. The van der Waals surface area contributed by atoms with Crippen molar-refractivity contribution in [1.82, 2.24) is 34.9 Å². The summed E-state index contributed by atoms with van der Waals surface area (Å²) in [4.78, 5) is 27.0. The number of aromatic amines is 1. The fourth-order valence-electron chi connectivity index (χ4n) is 4.33. The SMILES string of the molecule is O=c1[nH]ncc(N2CCOCC2COCc2nc3n(n2)CCN(c2ncc(C(F)(F)F)cn2)C3)c1C(F)(F)F. The number of H-pyrrole nitrogens is 1. The van der Waals surface area contributed by atoms with E-state index < -0.39 is 35.1 Å². The Labute approximate surface area is 215 Å². The maximum Gasteiger partial charge on any atom is 0.423 e. The number of hydrogen-bond donors (Lipinski definition) is 1. The van der Waals surface area contributed by atoms with Crippen molar-refractivity contribution < 1.29 is 35.8 Å². The summed E-state index contributed by atoms with van der Waals surface area (Å²) in [6, 6.07) is -0.631. The molecule has 5 rings (SSSR count). The Balaban J connectivity index is 1.22. The Morgan fingerprint density at radius 3 is 2.54 bits per heavy atom. The van der Waals surface area contributed by atoms with Crippen LogP contribution in [-0.4, -0.2) is 73.9 Å². The van der Waals surface area contributed by atoms with Gasteiger partial charge in [-0.25, -0.2) is 24.7 Å². The predicted octanol–water partition coefficient (Wildman–Crippen LogP) is 1.63. The molecule has 2 aliphatic rings.